The average Bonchev–Trinajstić information content (AvgIpc) is 3.44. The second-order valence-corrected chi connectivity index (χ2v) is 24.4. The number of carbonyl (C=O) groups excluding carboxylic acids is 2. The fraction of sp³-hybridized carbons (Fsp3) is 0.964. The van der Waals surface area contributed by atoms with Crippen molar-refractivity contribution in [3.8, 4) is 0 Å². The summed E-state index contributed by atoms with van der Waals surface area (Å²) < 4.78 is 90.2. The number of ether oxygens (including phenoxy) is 14. The highest BCUT2D eigenvalue weighted by atomic mass is 16.8. The topological polar surface area (TPSA) is 170 Å². The Morgan fingerprint density at radius 1 is 0.370 bits per heavy atom. The van der Waals surface area contributed by atoms with Gasteiger partial charge in [-0.2, -0.15) is 0 Å². The third-order valence-corrected chi connectivity index (χ3v) is 18.8. The fourth-order valence-electron chi connectivity index (χ4n) is 12.6. The van der Waals surface area contributed by atoms with Crippen LogP contribution in [-0.4, -0.2) is 175 Å². The van der Waals surface area contributed by atoms with Crippen molar-refractivity contribution in [3.05, 3.63) is 0 Å². The van der Waals surface area contributed by atoms with Crippen molar-refractivity contribution in [1.29, 1.82) is 0 Å². The van der Waals surface area contributed by atoms with Crippen LogP contribution in [0.1, 0.15) is 156 Å². The number of hydrogen-bond acceptors (Lipinski definition) is 16. The average molecular weight is 1040 g/mol. The summed E-state index contributed by atoms with van der Waals surface area (Å²) in [6.07, 6.45) is 16.2. The molecule has 0 radical (unpaired) electrons. The minimum atomic E-state index is -0.688. The molecule has 0 aromatic carbocycles. The molecule has 2 atom stereocenters. The summed E-state index contributed by atoms with van der Waals surface area (Å²) in [5.41, 5.74) is -1.11. The van der Waals surface area contributed by atoms with Gasteiger partial charge in [-0.05, 0) is 24.7 Å². The van der Waals surface area contributed by atoms with Crippen molar-refractivity contribution >= 4 is 12.2 Å². The molecule has 416 valence electrons. The Hall–Kier alpha value is -1.94. The van der Waals surface area contributed by atoms with E-state index in [4.69, 9.17) is 66.3 Å². The zero-order valence-electron chi connectivity index (χ0n) is 45.0. The SMILES string of the molecule is CCCCC(CC)COC(=O)N1CCC2(CC1)OCC1(CO2)COC2(CCC3(CC2)OCC2(CO3)COC3(CCC4(CC3)OCC3(COC5(CCN(C(=O)OCC(CC)CCCC)CC5)OC3)CO4)OC2)OC1. The van der Waals surface area contributed by atoms with E-state index in [-0.39, 0.29) is 28.4 Å². The van der Waals surface area contributed by atoms with Crippen molar-refractivity contribution in [2.75, 3.05) is 119 Å². The molecule has 0 aromatic rings. The monoisotopic (exact) mass is 1030 g/mol. The first kappa shape index (κ1) is 54.4. The standard InChI is InChI=1S/C55H90N2O16/c1-5-9-11-43(7-3)29-60-45(58)56-25-21-54(22-26-56)70-39-48(40-71-54)35-66-52(67-36-48)17-13-50(14-18-52)62-31-47(32-63-50)33-64-51(65-34-47)15-19-53(20-16-51)68-37-49(38-69-53)41-72-55(73-42-49)23-27-57(28-24-55)46(59)61-30-44(8-4)12-10-6-2/h43-44H,5-42H2,1-4H3. The minimum absolute atomic E-state index is 0.233. The van der Waals surface area contributed by atoms with Gasteiger partial charge in [-0.3, -0.25) is 0 Å². The molecule has 8 aliphatic heterocycles. The number of piperidine rings is 2. The van der Waals surface area contributed by atoms with Crippen molar-refractivity contribution in [3.63, 3.8) is 0 Å². The van der Waals surface area contributed by atoms with Crippen LogP contribution in [0, 0.1) is 28.1 Å². The third kappa shape index (κ3) is 12.1. The van der Waals surface area contributed by atoms with Crippen LogP contribution >= 0.6 is 0 Å². The van der Waals surface area contributed by atoms with Gasteiger partial charge >= 0.3 is 12.2 Å². The Kier molecular flexibility index (Phi) is 16.7. The summed E-state index contributed by atoms with van der Waals surface area (Å²) in [7, 11) is 0. The van der Waals surface area contributed by atoms with Gasteiger partial charge < -0.3 is 76.1 Å². The predicted molar refractivity (Wildman–Crippen MR) is 263 cm³/mol. The van der Waals surface area contributed by atoms with Crippen LogP contribution in [0.5, 0.6) is 0 Å². The van der Waals surface area contributed by atoms with Gasteiger partial charge in [0.2, 0.25) is 0 Å². The molecule has 0 aromatic heterocycles. The molecule has 9 spiro atoms. The quantitative estimate of drug-likeness (QED) is 0.182. The van der Waals surface area contributed by atoms with Gasteiger partial charge in [0.15, 0.2) is 34.7 Å². The summed E-state index contributed by atoms with van der Waals surface area (Å²) >= 11 is 0. The molecule has 0 bridgehead atoms. The number of amides is 2. The molecule has 8 heterocycles. The van der Waals surface area contributed by atoms with Crippen LogP contribution in [0.2, 0.25) is 0 Å². The first-order chi connectivity index (χ1) is 35.3. The van der Waals surface area contributed by atoms with Gasteiger partial charge in [0.1, 0.15) is 0 Å². The first-order valence-corrected chi connectivity index (χ1v) is 28.8. The van der Waals surface area contributed by atoms with Crippen LogP contribution in [0.15, 0.2) is 0 Å². The van der Waals surface area contributed by atoms with Gasteiger partial charge in [0.25, 0.3) is 0 Å². The molecule has 10 aliphatic rings. The molecule has 0 N–H and O–H groups in total. The van der Waals surface area contributed by atoms with Crippen molar-refractivity contribution in [1.82, 2.24) is 9.80 Å². The van der Waals surface area contributed by atoms with Crippen LogP contribution in [0.25, 0.3) is 0 Å². The lowest BCUT2D eigenvalue weighted by molar-refractivity contribution is -0.413. The van der Waals surface area contributed by atoms with E-state index in [0.29, 0.717) is 208 Å². The molecule has 2 amide bonds. The highest BCUT2D eigenvalue weighted by Gasteiger charge is 2.59. The van der Waals surface area contributed by atoms with E-state index in [2.05, 4.69) is 27.7 Å². The molecule has 2 unspecified atom stereocenters. The van der Waals surface area contributed by atoms with E-state index in [1.807, 2.05) is 0 Å². The zero-order chi connectivity index (χ0) is 50.7. The number of hydrogen-bond donors (Lipinski definition) is 0. The third-order valence-electron chi connectivity index (χ3n) is 18.8. The summed E-state index contributed by atoms with van der Waals surface area (Å²) in [5.74, 6) is -3.24. The minimum Gasteiger partial charge on any atom is -0.449 e. The Balaban J connectivity index is 0.596. The molecule has 18 nitrogen and oxygen atoms in total. The zero-order valence-corrected chi connectivity index (χ0v) is 45.0. The second-order valence-electron chi connectivity index (χ2n) is 24.4. The van der Waals surface area contributed by atoms with E-state index in [9.17, 15) is 9.59 Å². The Labute approximate surface area is 434 Å². The molecule has 73 heavy (non-hydrogen) atoms. The molecular weight excluding hydrogens is 945 g/mol. The largest absolute Gasteiger partial charge is 0.449 e. The van der Waals surface area contributed by atoms with Crippen molar-refractivity contribution in [2.45, 2.75) is 191 Å². The lowest BCUT2D eigenvalue weighted by atomic mass is 9.82. The smallest absolute Gasteiger partial charge is 0.409 e. The molecule has 10 fully saturated rings. The van der Waals surface area contributed by atoms with Gasteiger partial charge in [0, 0.05) is 103 Å². The van der Waals surface area contributed by atoms with E-state index in [0.717, 1.165) is 51.4 Å². The van der Waals surface area contributed by atoms with Crippen LogP contribution in [0.3, 0.4) is 0 Å². The Morgan fingerprint density at radius 2 is 0.589 bits per heavy atom. The maximum Gasteiger partial charge on any atom is 0.409 e. The van der Waals surface area contributed by atoms with E-state index < -0.39 is 34.7 Å². The lowest BCUT2D eigenvalue weighted by Crippen LogP contribution is -2.64. The molecule has 18 heteroatoms. The number of rotatable bonds is 12. The van der Waals surface area contributed by atoms with E-state index in [1.165, 1.54) is 0 Å². The summed E-state index contributed by atoms with van der Waals surface area (Å²) in [5, 5.41) is 0. The van der Waals surface area contributed by atoms with Gasteiger partial charge in [0.05, 0.1) is 109 Å². The van der Waals surface area contributed by atoms with E-state index >= 15 is 0 Å². The fourth-order valence-corrected chi connectivity index (χ4v) is 12.6. The molecule has 2 aliphatic carbocycles. The maximum atomic E-state index is 12.9. The molecule has 10 rings (SSSR count). The first-order valence-electron chi connectivity index (χ1n) is 28.8. The van der Waals surface area contributed by atoms with Crippen molar-refractivity contribution in [2.24, 2.45) is 28.1 Å². The van der Waals surface area contributed by atoms with Crippen LogP contribution < -0.4 is 0 Å². The normalized spacial score (nSPS) is 30.0. The van der Waals surface area contributed by atoms with Crippen molar-refractivity contribution < 1.29 is 75.9 Å². The number of unbranched alkanes of at least 4 members (excludes halogenated alkanes) is 2. The Morgan fingerprint density at radius 3 is 0.795 bits per heavy atom. The molecular formula is C55H90N2O16. The van der Waals surface area contributed by atoms with Gasteiger partial charge in [-0.25, -0.2) is 9.59 Å². The van der Waals surface area contributed by atoms with Gasteiger partial charge in [-0.15, -0.1) is 0 Å². The highest BCUT2D eigenvalue weighted by Crippen LogP contribution is 2.52. The Bertz CT molecular complexity index is 1640. The van der Waals surface area contributed by atoms with Crippen LogP contribution in [-0.2, 0) is 66.3 Å². The highest BCUT2D eigenvalue weighted by molar-refractivity contribution is 5.68. The summed E-state index contributed by atoms with van der Waals surface area (Å²) in [6, 6.07) is 0. The number of likely N-dealkylation sites (tertiary alicyclic amines) is 2. The molecule has 8 saturated heterocycles. The van der Waals surface area contributed by atoms with Crippen LogP contribution in [0.4, 0.5) is 9.59 Å². The predicted octanol–water partition coefficient (Wildman–Crippen LogP) is 8.45. The van der Waals surface area contributed by atoms with Gasteiger partial charge in [-0.1, -0.05) is 66.2 Å². The molecule has 2 saturated carbocycles. The summed E-state index contributed by atoms with van der Waals surface area (Å²) in [4.78, 5) is 29.3. The van der Waals surface area contributed by atoms with E-state index in [1.54, 1.807) is 9.80 Å². The number of carbonyl (C=O) groups is 2. The number of nitrogens with zero attached hydrogens (tertiary/aromatic N) is 2. The lowest BCUT2D eigenvalue weighted by Gasteiger charge is -2.57. The maximum absolute atomic E-state index is 12.9. The second kappa shape index (κ2) is 22.4. The summed E-state index contributed by atoms with van der Waals surface area (Å²) in [6.45, 7) is 17.8.